The minimum atomic E-state index is -0.868. The Morgan fingerprint density at radius 2 is 1.95 bits per heavy atom. The summed E-state index contributed by atoms with van der Waals surface area (Å²) in [6, 6.07) is 3.94. The highest BCUT2D eigenvalue weighted by Crippen LogP contribution is 2.30. The van der Waals surface area contributed by atoms with Gasteiger partial charge in [-0.25, -0.2) is 0 Å². The number of anilines is 1. The van der Waals surface area contributed by atoms with Crippen molar-refractivity contribution in [3.8, 4) is 0 Å². The fourth-order valence-electron chi connectivity index (χ4n) is 2.67. The number of rotatable bonds is 4. The van der Waals surface area contributed by atoms with Crippen molar-refractivity contribution in [3.63, 3.8) is 0 Å². The molecule has 110 valence electrons. The number of nitrogens with one attached hydrogen (secondary N) is 1. The lowest BCUT2D eigenvalue weighted by atomic mass is 9.94. The van der Waals surface area contributed by atoms with Gasteiger partial charge in [0.05, 0.1) is 10.5 Å². The molecule has 1 aliphatic carbocycles. The van der Waals surface area contributed by atoms with Crippen LogP contribution in [0.4, 0.5) is 15.8 Å². The lowest BCUT2D eigenvalue weighted by molar-refractivity contribution is -0.386. The Kier molecular flexibility index (Phi) is 4.54. The molecule has 1 aliphatic rings. The van der Waals surface area contributed by atoms with Crippen LogP contribution in [0.1, 0.15) is 38.5 Å². The van der Waals surface area contributed by atoms with E-state index in [-0.39, 0.29) is 12.2 Å². The van der Waals surface area contributed by atoms with Crippen LogP contribution in [-0.4, -0.2) is 22.2 Å². The van der Waals surface area contributed by atoms with Gasteiger partial charge in [-0.05, 0) is 25.0 Å². The van der Waals surface area contributed by atoms with E-state index in [1.54, 1.807) is 0 Å². The van der Waals surface area contributed by atoms with Gasteiger partial charge >= 0.3 is 5.69 Å². The number of aliphatic hydroxyl groups is 1. The molecule has 5 nitrogen and oxygen atoms in total. The van der Waals surface area contributed by atoms with Crippen LogP contribution in [0, 0.1) is 15.9 Å². The first-order valence-corrected chi connectivity index (χ1v) is 6.91. The van der Waals surface area contributed by atoms with Crippen molar-refractivity contribution < 1.29 is 14.4 Å². The van der Waals surface area contributed by atoms with Crippen molar-refractivity contribution in [1.29, 1.82) is 0 Å². The highest BCUT2D eigenvalue weighted by atomic mass is 19.1. The second-order valence-corrected chi connectivity index (χ2v) is 5.39. The molecule has 1 saturated carbocycles. The lowest BCUT2D eigenvalue weighted by Crippen LogP contribution is -2.36. The molecular formula is C14H19FN2O3. The third kappa shape index (κ3) is 3.45. The molecule has 0 saturated heterocycles. The van der Waals surface area contributed by atoms with E-state index in [0.717, 1.165) is 31.7 Å². The first-order chi connectivity index (χ1) is 9.52. The van der Waals surface area contributed by atoms with Gasteiger partial charge < -0.3 is 10.4 Å². The first kappa shape index (κ1) is 14.7. The summed E-state index contributed by atoms with van der Waals surface area (Å²) >= 11 is 0. The summed E-state index contributed by atoms with van der Waals surface area (Å²) in [4.78, 5) is 10.2. The van der Waals surface area contributed by atoms with Crippen LogP contribution in [0.5, 0.6) is 0 Å². The van der Waals surface area contributed by atoms with E-state index in [2.05, 4.69) is 5.32 Å². The van der Waals surface area contributed by atoms with Crippen LogP contribution in [0.15, 0.2) is 18.2 Å². The Balaban J connectivity index is 2.10. The molecule has 0 spiro atoms. The van der Waals surface area contributed by atoms with Crippen molar-refractivity contribution in [2.75, 3.05) is 11.9 Å². The summed E-state index contributed by atoms with van der Waals surface area (Å²) in [5.41, 5.74) is -1.31. The predicted molar refractivity (Wildman–Crippen MR) is 74.2 cm³/mol. The normalized spacial score (nSPS) is 18.3. The molecule has 0 unspecified atom stereocenters. The maximum absolute atomic E-state index is 13.5. The Labute approximate surface area is 117 Å². The smallest absolute Gasteiger partial charge is 0.327 e. The van der Waals surface area contributed by atoms with E-state index in [0.29, 0.717) is 12.8 Å². The topological polar surface area (TPSA) is 75.4 Å². The molecule has 1 aromatic rings. The number of benzene rings is 1. The highest BCUT2D eigenvalue weighted by Gasteiger charge is 2.29. The quantitative estimate of drug-likeness (QED) is 0.505. The van der Waals surface area contributed by atoms with Gasteiger partial charge in [0.15, 0.2) is 0 Å². The second kappa shape index (κ2) is 6.17. The molecule has 0 radical (unpaired) electrons. The minimum Gasteiger partial charge on any atom is -0.388 e. The monoisotopic (exact) mass is 282 g/mol. The zero-order valence-corrected chi connectivity index (χ0v) is 11.3. The number of para-hydroxylation sites is 1. The third-order valence-electron chi connectivity index (χ3n) is 3.81. The molecule has 0 aromatic heterocycles. The molecule has 0 aliphatic heterocycles. The summed E-state index contributed by atoms with van der Waals surface area (Å²) in [7, 11) is 0. The van der Waals surface area contributed by atoms with Crippen molar-refractivity contribution >= 4 is 11.4 Å². The second-order valence-electron chi connectivity index (χ2n) is 5.39. The van der Waals surface area contributed by atoms with E-state index in [9.17, 15) is 19.6 Å². The number of nitro groups is 1. The number of hydrogen-bond acceptors (Lipinski definition) is 4. The van der Waals surface area contributed by atoms with Gasteiger partial charge in [-0.2, -0.15) is 4.39 Å². The number of halogens is 1. The molecule has 0 amide bonds. The molecule has 20 heavy (non-hydrogen) atoms. The molecule has 0 heterocycles. The van der Waals surface area contributed by atoms with Crippen molar-refractivity contribution in [1.82, 2.24) is 0 Å². The highest BCUT2D eigenvalue weighted by molar-refractivity contribution is 5.62. The van der Waals surface area contributed by atoms with Crippen LogP contribution in [0.2, 0.25) is 0 Å². The van der Waals surface area contributed by atoms with Crippen molar-refractivity contribution in [2.24, 2.45) is 0 Å². The SMILES string of the molecule is O=[N+]([O-])c1c(F)cccc1NCC1(O)CCCCCC1. The Morgan fingerprint density at radius 1 is 1.30 bits per heavy atom. The average Bonchev–Trinajstić information content (AvgIpc) is 2.61. The summed E-state index contributed by atoms with van der Waals surface area (Å²) in [5.74, 6) is -0.868. The molecule has 6 heteroatoms. The van der Waals surface area contributed by atoms with Gasteiger partial charge in [-0.15, -0.1) is 0 Å². The maximum atomic E-state index is 13.5. The van der Waals surface area contributed by atoms with E-state index in [1.165, 1.54) is 12.1 Å². The fraction of sp³-hybridized carbons (Fsp3) is 0.571. The van der Waals surface area contributed by atoms with Crippen LogP contribution >= 0.6 is 0 Å². The number of nitro benzene ring substituents is 1. The van der Waals surface area contributed by atoms with Gasteiger partial charge in [0.1, 0.15) is 5.69 Å². The van der Waals surface area contributed by atoms with E-state index >= 15 is 0 Å². The van der Waals surface area contributed by atoms with Gasteiger partial charge in [0.25, 0.3) is 0 Å². The molecule has 2 rings (SSSR count). The molecule has 1 fully saturated rings. The van der Waals surface area contributed by atoms with Crippen LogP contribution in [0.25, 0.3) is 0 Å². The van der Waals surface area contributed by atoms with Crippen LogP contribution < -0.4 is 5.32 Å². The largest absolute Gasteiger partial charge is 0.388 e. The van der Waals surface area contributed by atoms with E-state index in [1.807, 2.05) is 0 Å². The maximum Gasteiger partial charge on any atom is 0.327 e. The molecule has 1 aromatic carbocycles. The van der Waals surface area contributed by atoms with Crippen LogP contribution in [-0.2, 0) is 0 Å². The first-order valence-electron chi connectivity index (χ1n) is 6.91. The zero-order valence-electron chi connectivity index (χ0n) is 11.3. The van der Waals surface area contributed by atoms with E-state index in [4.69, 9.17) is 0 Å². The molecule has 0 bridgehead atoms. The van der Waals surface area contributed by atoms with E-state index < -0.39 is 22.0 Å². The third-order valence-corrected chi connectivity index (χ3v) is 3.81. The predicted octanol–water partition coefficient (Wildman–Crippen LogP) is 3.23. The number of nitrogens with zero attached hydrogens (tertiary/aromatic N) is 1. The summed E-state index contributed by atoms with van der Waals surface area (Å²) in [6.45, 7) is 0.206. The Bertz CT molecular complexity index is 485. The van der Waals surface area contributed by atoms with Gasteiger partial charge in [-0.3, -0.25) is 10.1 Å². The van der Waals surface area contributed by atoms with Gasteiger partial charge in [0, 0.05) is 6.54 Å². The van der Waals surface area contributed by atoms with Crippen LogP contribution in [0.3, 0.4) is 0 Å². The standard InChI is InChI=1S/C14H19FN2O3/c15-11-6-5-7-12(13(11)17(19)20)16-10-14(18)8-3-1-2-4-9-14/h5-7,16,18H,1-4,8-10H2. The molecule has 2 N–H and O–H groups in total. The molecule has 0 atom stereocenters. The summed E-state index contributed by atoms with van der Waals surface area (Å²) in [5, 5.41) is 24.2. The zero-order chi connectivity index (χ0) is 14.6. The molecular weight excluding hydrogens is 263 g/mol. The average molecular weight is 282 g/mol. The summed E-state index contributed by atoms with van der Waals surface area (Å²) in [6.07, 6.45) is 5.43. The Morgan fingerprint density at radius 3 is 2.55 bits per heavy atom. The minimum absolute atomic E-state index is 0.118. The summed E-state index contributed by atoms with van der Waals surface area (Å²) < 4.78 is 13.5. The van der Waals surface area contributed by atoms with Crippen molar-refractivity contribution in [3.05, 3.63) is 34.1 Å². The van der Waals surface area contributed by atoms with Crippen molar-refractivity contribution in [2.45, 2.75) is 44.1 Å². The number of hydrogen-bond donors (Lipinski definition) is 2. The lowest BCUT2D eigenvalue weighted by Gasteiger charge is -2.27. The van der Waals surface area contributed by atoms with Gasteiger partial charge in [-0.1, -0.05) is 31.7 Å². The van der Waals surface area contributed by atoms with Gasteiger partial charge in [0.2, 0.25) is 5.82 Å². The fourth-order valence-corrected chi connectivity index (χ4v) is 2.67. The Hall–Kier alpha value is -1.69.